The van der Waals surface area contributed by atoms with Crippen LogP contribution in [0.5, 0.6) is 0 Å². The monoisotopic (exact) mass is 312 g/mol. The minimum Gasteiger partial charge on any atom is -0.481 e. The molecule has 4 nitrogen and oxygen atoms in total. The van der Waals surface area contributed by atoms with Gasteiger partial charge < -0.3 is 9.67 Å². The molecule has 0 aliphatic rings. The van der Waals surface area contributed by atoms with Gasteiger partial charge in [-0.3, -0.25) is 4.79 Å². The molecule has 0 amide bonds. The number of imidazole rings is 1. The van der Waals surface area contributed by atoms with Gasteiger partial charge in [0.1, 0.15) is 11.6 Å². The van der Waals surface area contributed by atoms with Crippen LogP contribution in [-0.2, 0) is 17.8 Å². The van der Waals surface area contributed by atoms with Gasteiger partial charge in [0.15, 0.2) is 5.16 Å². The molecule has 0 saturated carbocycles. The van der Waals surface area contributed by atoms with Crippen molar-refractivity contribution in [2.45, 2.75) is 25.0 Å². The first-order chi connectivity index (χ1) is 9.95. The summed E-state index contributed by atoms with van der Waals surface area (Å²) in [5.74, 6) is -2.20. The summed E-state index contributed by atoms with van der Waals surface area (Å²) in [5, 5.41) is 9.29. The van der Waals surface area contributed by atoms with Crippen LogP contribution in [0.4, 0.5) is 8.78 Å². The third-order valence-electron chi connectivity index (χ3n) is 2.89. The largest absolute Gasteiger partial charge is 0.481 e. The summed E-state index contributed by atoms with van der Waals surface area (Å²) in [5.41, 5.74) is 1.43. The Labute approximate surface area is 124 Å². The molecule has 0 saturated heterocycles. The van der Waals surface area contributed by atoms with Gasteiger partial charge in [-0.1, -0.05) is 11.8 Å². The van der Waals surface area contributed by atoms with E-state index in [1.165, 1.54) is 12.1 Å². The molecule has 0 spiro atoms. The molecule has 112 valence electrons. The number of benzene rings is 1. The number of halogens is 2. The number of aromatic nitrogens is 2. The Morgan fingerprint density at radius 1 is 1.33 bits per heavy atom. The van der Waals surface area contributed by atoms with Crippen LogP contribution in [0.2, 0.25) is 0 Å². The van der Waals surface area contributed by atoms with Crippen LogP contribution in [0.3, 0.4) is 0 Å². The Bertz CT molecular complexity index is 638. The predicted octanol–water partition coefficient (Wildman–Crippen LogP) is 2.89. The topological polar surface area (TPSA) is 55.1 Å². The fourth-order valence-electron chi connectivity index (χ4n) is 1.95. The minimum atomic E-state index is -0.917. The summed E-state index contributed by atoms with van der Waals surface area (Å²) in [6, 6.07) is 3.42. The average molecular weight is 312 g/mol. The van der Waals surface area contributed by atoms with E-state index in [9.17, 15) is 13.6 Å². The molecule has 0 fully saturated rings. The predicted molar refractivity (Wildman–Crippen MR) is 75.4 cm³/mol. The zero-order chi connectivity index (χ0) is 15.4. The van der Waals surface area contributed by atoms with Gasteiger partial charge in [-0.05, 0) is 31.0 Å². The van der Waals surface area contributed by atoms with E-state index in [1.54, 1.807) is 6.20 Å². The third-order valence-corrected chi connectivity index (χ3v) is 3.86. The second-order valence-corrected chi connectivity index (χ2v) is 5.49. The maximum absolute atomic E-state index is 13.1. The summed E-state index contributed by atoms with van der Waals surface area (Å²) < 4.78 is 28.1. The Hall–Kier alpha value is -1.89. The zero-order valence-corrected chi connectivity index (χ0v) is 12.2. The van der Waals surface area contributed by atoms with E-state index >= 15 is 0 Å². The lowest BCUT2D eigenvalue weighted by Gasteiger charge is -2.09. The fraction of sp³-hybridized carbons (Fsp3) is 0.286. The molecule has 0 aliphatic heterocycles. The Morgan fingerprint density at radius 2 is 2.00 bits per heavy atom. The first-order valence-corrected chi connectivity index (χ1v) is 7.26. The molecule has 1 aromatic heterocycles. The third kappa shape index (κ3) is 4.29. The molecular weight excluding hydrogens is 298 g/mol. The highest BCUT2D eigenvalue weighted by Gasteiger charge is 2.10. The van der Waals surface area contributed by atoms with Crippen LogP contribution in [0.25, 0.3) is 0 Å². The van der Waals surface area contributed by atoms with E-state index < -0.39 is 17.6 Å². The Balaban J connectivity index is 2.08. The van der Waals surface area contributed by atoms with Gasteiger partial charge in [0.25, 0.3) is 0 Å². The molecule has 0 atom stereocenters. The highest BCUT2D eigenvalue weighted by atomic mass is 32.2. The number of hydrogen-bond acceptors (Lipinski definition) is 3. The van der Waals surface area contributed by atoms with Gasteiger partial charge in [0.2, 0.25) is 0 Å². The number of rotatable bonds is 6. The van der Waals surface area contributed by atoms with Crippen molar-refractivity contribution in [2.75, 3.05) is 5.75 Å². The van der Waals surface area contributed by atoms with Crippen LogP contribution in [0.15, 0.2) is 29.6 Å². The van der Waals surface area contributed by atoms with Crippen LogP contribution in [0, 0.1) is 18.6 Å². The molecule has 7 heteroatoms. The fourth-order valence-corrected chi connectivity index (χ4v) is 2.72. The van der Waals surface area contributed by atoms with E-state index in [0.717, 1.165) is 23.5 Å². The van der Waals surface area contributed by atoms with Crippen molar-refractivity contribution in [1.82, 2.24) is 9.55 Å². The summed E-state index contributed by atoms with van der Waals surface area (Å²) in [6.45, 7) is 2.33. The Morgan fingerprint density at radius 3 is 2.62 bits per heavy atom. The molecule has 0 bridgehead atoms. The summed E-state index contributed by atoms with van der Waals surface area (Å²) in [7, 11) is 0. The van der Waals surface area contributed by atoms with E-state index in [0.29, 0.717) is 23.7 Å². The number of hydrogen-bond donors (Lipinski definition) is 1. The first-order valence-electron chi connectivity index (χ1n) is 6.27. The second kappa shape index (κ2) is 6.71. The molecular formula is C14H14F2N2O2S. The quantitative estimate of drug-likeness (QED) is 0.833. The number of carbonyl (C=O) groups is 1. The lowest BCUT2D eigenvalue weighted by atomic mass is 10.1. The number of carboxylic acid groups (broad SMARTS) is 1. The maximum Gasteiger partial charge on any atom is 0.313 e. The van der Waals surface area contributed by atoms with Gasteiger partial charge in [-0.25, -0.2) is 13.8 Å². The van der Waals surface area contributed by atoms with Crippen molar-refractivity contribution in [1.29, 1.82) is 0 Å². The highest BCUT2D eigenvalue weighted by molar-refractivity contribution is 7.99. The van der Waals surface area contributed by atoms with Crippen molar-refractivity contribution in [3.05, 3.63) is 47.3 Å². The molecule has 21 heavy (non-hydrogen) atoms. The molecule has 0 unspecified atom stereocenters. The van der Waals surface area contributed by atoms with Gasteiger partial charge in [0, 0.05) is 24.5 Å². The number of nitrogens with zero attached hydrogens (tertiary/aromatic N) is 2. The van der Waals surface area contributed by atoms with Crippen LogP contribution in [-0.4, -0.2) is 26.4 Å². The summed E-state index contributed by atoms with van der Waals surface area (Å²) in [4.78, 5) is 14.8. The van der Waals surface area contributed by atoms with Crippen molar-refractivity contribution in [2.24, 2.45) is 0 Å². The van der Waals surface area contributed by atoms with Crippen molar-refractivity contribution in [3.63, 3.8) is 0 Å². The lowest BCUT2D eigenvalue weighted by Crippen LogP contribution is -2.07. The van der Waals surface area contributed by atoms with E-state index in [2.05, 4.69) is 4.98 Å². The standard InChI is InChI=1S/C14H14F2N2O2S/c1-9-7-17-14(21-8-13(19)20)18(9)3-2-10-4-11(15)6-12(16)5-10/h4-7H,2-3,8H2,1H3,(H,19,20). The van der Waals surface area contributed by atoms with E-state index in [1.807, 2.05) is 11.5 Å². The van der Waals surface area contributed by atoms with Gasteiger partial charge in [-0.2, -0.15) is 0 Å². The van der Waals surface area contributed by atoms with Crippen molar-refractivity contribution < 1.29 is 18.7 Å². The van der Waals surface area contributed by atoms with Crippen LogP contribution < -0.4 is 0 Å². The number of thioether (sulfide) groups is 1. The normalized spacial score (nSPS) is 10.8. The second-order valence-electron chi connectivity index (χ2n) is 4.54. The van der Waals surface area contributed by atoms with Gasteiger partial charge >= 0.3 is 5.97 Å². The number of carboxylic acids is 1. The number of aryl methyl sites for hydroxylation is 2. The lowest BCUT2D eigenvalue weighted by molar-refractivity contribution is -0.133. The van der Waals surface area contributed by atoms with E-state index in [-0.39, 0.29) is 5.75 Å². The summed E-state index contributed by atoms with van der Waals surface area (Å²) in [6.07, 6.45) is 2.09. The molecule has 1 heterocycles. The van der Waals surface area contributed by atoms with E-state index in [4.69, 9.17) is 5.11 Å². The smallest absolute Gasteiger partial charge is 0.313 e. The average Bonchev–Trinajstić information content (AvgIpc) is 2.73. The summed E-state index contributed by atoms with van der Waals surface area (Å²) >= 11 is 1.12. The van der Waals surface area contributed by atoms with Crippen LogP contribution in [0.1, 0.15) is 11.3 Å². The first kappa shape index (κ1) is 15.5. The zero-order valence-electron chi connectivity index (χ0n) is 11.3. The number of aliphatic carboxylic acids is 1. The SMILES string of the molecule is Cc1cnc(SCC(=O)O)n1CCc1cc(F)cc(F)c1. The van der Waals surface area contributed by atoms with Crippen molar-refractivity contribution in [3.8, 4) is 0 Å². The van der Waals surface area contributed by atoms with Crippen LogP contribution >= 0.6 is 11.8 Å². The molecule has 2 aromatic rings. The molecule has 1 aromatic carbocycles. The molecule has 2 rings (SSSR count). The Kier molecular flexibility index (Phi) is 4.95. The molecule has 0 aliphatic carbocycles. The minimum absolute atomic E-state index is 0.0783. The maximum atomic E-state index is 13.1. The van der Waals surface area contributed by atoms with Crippen molar-refractivity contribution >= 4 is 17.7 Å². The molecule has 1 N–H and O–H groups in total. The highest BCUT2D eigenvalue weighted by Crippen LogP contribution is 2.19. The van der Waals surface area contributed by atoms with Gasteiger partial charge in [-0.15, -0.1) is 0 Å². The van der Waals surface area contributed by atoms with Gasteiger partial charge in [0.05, 0.1) is 5.75 Å². The molecule has 0 radical (unpaired) electrons.